The highest BCUT2D eigenvalue weighted by Crippen LogP contribution is 2.30. The molecule has 90 valence electrons. The van der Waals surface area contributed by atoms with Crippen LogP contribution in [-0.2, 0) is 0 Å². The molecule has 1 aromatic carbocycles. The number of nitrogens with zero attached hydrogens (tertiary/aromatic N) is 2. The molecule has 0 radical (unpaired) electrons. The molecule has 0 N–H and O–H groups in total. The Balaban J connectivity index is 2.22. The van der Waals surface area contributed by atoms with Gasteiger partial charge in [0.25, 0.3) is 0 Å². The SMILES string of the molecule is Cc1cnc(Cl)nc1-c1cc2cc(Cl)ccc2o1. The molecule has 0 fully saturated rings. The fourth-order valence-electron chi connectivity index (χ4n) is 1.80. The van der Waals surface area contributed by atoms with Crippen LogP contribution in [0.4, 0.5) is 0 Å². The number of hydrogen-bond donors (Lipinski definition) is 0. The molecule has 0 atom stereocenters. The molecule has 2 heterocycles. The van der Waals surface area contributed by atoms with E-state index in [4.69, 9.17) is 27.6 Å². The quantitative estimate of drug-likeness (QED) is 0.615. The number of furan rings is 1. The number of benzene rings is 1. The van der Waals surface area contributed by atoms with Crippen molar-refractivity contribution in [2.24, 2.45) is 0 Å². The maximum atomic E-state index is 5.94. The van der Waals surface area contributed by atoms with Gasteiger partial charge in [-0.15, -0.1) is 0 Å². The minimum Gasteiger partial charge on any atom is -0.454 e. The van der Waals surface area contributed by atoms with Crippen molar-refractivity contribution in [1.29, 1.82) is 0 Å². The van der Waals surface area contributed by atoms with Crippen molar-refractivity contribution in [1.82, 2.24) is 9.97 Å². The molecule has 3 rings (SSSR count). The summed E-state index contributed by atoms with van der Waals surface area (Å²) in [4.78, 5) is 8.11. The van der Waals surface area contributed by atoms with Gasteiger partial charge < -0.3 is 4.42 Å². The Morgan fingerprint density at radius 1 is 1.17 bits per heavy atom. The van der Waals surface area contributed by atoms with Gasteiger partial charge in [-0.2, -0.15) is 0 Å². The van der Waals surface area contributed by atoms with Crippen LogP contribution in [0.2, 0.25) is 10.3 Å². The van der Waals surface area contributed by atoms with Crippen LogP contribution < -0.4 is 0 Å². The Morgan fingerprint density at radius 3 is 2.83 bits per heavy atom. The van der Waals surface area contributed by atoms with Crippen LogP contribution in [0.25, 0.3) is 22.4 Å². The second kappa shape index (κ2) is 4.26. The normalized spacial score (nSPS) is 11.1. The van der Waals surface area contributed by atoms with E-state index in [-0.39, 0.29) is 5.28 Å². The van der Waals surface area contributed by atoms with E-state index in [0.29, 0.717) is 16.5 Å². The van der Waals surface area contributed by atoms with Gasteiger partial charge in [-0.1, -0.05) is 11.6 Å². The van der Waals surface area contributed by atoms with Gasteiger partial charge >= 0.3 is 0 Å². The third-order valence-corrected chi connectivity index (χ3v) is 3.07. The van der Waals surface area contributed by atoms with Gasteiger partial charge in [0, 0.05) is 16.6 Å². The molecule has 5 heteroatoms. The molecule has 18 heavy (non-hydrogen) atoms. The van der Waals surface area contributed by atoms with Crippen LogP contribution in [0, 0.1) is 6.92 Å². The Morgan fingerprint density at radius 2 is 2.00 bits per heavy atom. The van der Waals surface area contributed by atoms with Crippen molar-refractivity contribution < 1.29 is 4.42 Å². The van der Waals surface area contributed by atoms with Crippen molar-refractivity contribution in [2.75, 3.05) is 0 Å². The molecule has 3 nitrogen and oxygen atoms in total. The van der Waals surface area contributed by atoms with Crippen molar-refractivity contribution in [3.8, 4) is 11.5 Å². The first kappa shape index (κ1) is 11.5. The van der Waals surface area contributed by atoms with E-state index < -0.39 is 0 Å². The highest BCUT2D eigenvalue weighted by atomic mass is 35.5. The van der Waals surface area contributed by atoms with Gasteiger partial charge in [-0.3, -0.25) is 0 Å². The average Bonchev–Trinajstić information content (AvgIpc) is 2.74. The number of fused-ring (bicyclic) bond motifs is 1. The molecule has 0 saturated carbocycles. The maximum Gasteiger partial charge on any atom is 0.223 e. The van der Waals surface area contributed by atoms with Crippen LogP contribution in [0.5, 0.6) is 0 Å². The Labute approximate surface area is 113 Å². The van der Waals surface area contributed by atoms with Crippen LogP contribution in [-0.4, -0.2) is 9.97 Å². The third-order valence-electron chi connectivity index (χ3n) is 2.65. The van der Waals surface area contributed by atoms with Crippen molar-refractivity contribution in [2.45, 2.75) is 6.92 Å². The summed E-state index contributed by atoms with van der Waals surface area (Å²) in [5, 5.41) is 1.81. The standard InChI is InChI=1S/C13H8Cl2N2O/c1-7-6-16-13(15)17-12(7)11-5-8-4-9(14)2-3-10(8)18-11/h2-6H,1H3. The highest BCUT2D eigenvalue weighted by molar-refractivity contribution is 6.31. The topological polar surface area (TPSA) is 38.9 Å². The third kappa shape index (κ3) is 1.96. The van der Waals surface area contributed by atoms with E-state index in [1.54, 1.807) is 12.3 Å². The lowest BCUT2D eigenvalue weighted by atomic mass is 10.2. The summed E-state index contributed by atoms with van der Waals surface area (Å²) in [5.41, 5.74) is 2.37. The van der Waals surface area contributed by atoms with Crippen LogP contribution in [0.3, 0.4) is 0 Å². The summed E-state index contributed by atoms with van der Waals surface area (Å²) in [6.45, 7) is 1.91. The lowest BCUT2D eigenvalue weighted by molar-refractivity contribution is 0.627. The fourth-order valence-corrected chi connectivity index (χ4v) is 2.11. The van der Waals surface area contributed by atoms with Crippen LogP contribution >= 0.6 is 23.2 Å². The van der Waals surface area contributed by atoms with Crippen molar-refractivity contribution >= 4 is 34.2 Å². The molecular formula is C13H8Cl2N2O. The second-order valence-corrected chi connectivity index (χ2v) is 4.74. The first-order chi connectivity index (χ1) is 8.63. The predicted molar refractivity (Wildman–Crippen MR) is 72.0 cm³/mol. The fraction of sp³-hybridized carbons (Fsp3) is 0.0769. The summed E-state index contributed by atoms with van der Waals surface area (Å²) >= 11 is 11.7. The van der Waals surface area contributed by atoms with Gasteiger partial charge in [-0.25, -0.2) is 9.97 Å². The second-order valence-electron chi connectivity index (χ2n) is 3.96. The summed E-state index contributed by atoms with van der Waals surface area (Å²) < 4.78 is 5.74. The minimum absolute atomic E-state index is 0.203. The maximum absolute atomic E-state index is 5.94. The number of halogens is 2. The summed E-state index contributed by atoms with van der Waals surface area (Å²) in [6, 6.07) is 7.37. The molecule has 0 bridgehead atoms. The highest BCUT2D eigenvalue weighted by Gasteiger charge is 2.11. The molecular weight excluding hydrogens is 271 g/mol. The zero-order chi connectivity index (χ0) is 12.7. The van der Waals surface area contributed by atoms with Crippen molar-refractivity contribution in [3.05, 3.63) is 46.3 Å². The number of hydrogen-bond acceptors (Lipinski definition) is 3. The monoisotopic (exact) mass is 278 g/mol. The summed E-state index contributed by atoms with van der Waals surface area (Å²) in [5.74, 6) is 0.661. The average molecular weight is 279 g/mol. The molecule has 0 amide bonds. The van der Waals surface area contributed by atoms with E-state index in [0.717, 1.165) is 16.5 Å². The number of rotatable bonds is 1. The van der Waals surface area contributed by atoms with E-state index in [1.807, 2.05) is 25.1 Å². The molecule has 3 aromatic rings. The minimum atomic E-state index is 0.203. The van der Waals surface area contributed by atoms with E-state index in [2.05, 4.69) is 9.97 Å². The van der Waals surface area contributed by atoms with Gasteiger partial charge in [0.15, 0.2) is 5.76 Å². The van der Waals surface area contributed by atoms with Crippen LogP contribution in [0.15, 0.2) is 34.9 Å². The van der Waals surface area contributed by atoms with E-state index in [9.17, 15) is 0 Å². The van der Waals surface area contributed by atoms with E-state index in [1.165, 1.54) is 0 Å². The zero-order valence-corrected chi connectivity index (χ0v) is 11.0. The summed E-state index contributed by atoms with van der Waals surface area (Å²) in [6.07, 6.45) is 1.67. The molecule has 0 saturated heterocycles. The predicted octanol–water partition coefficient (Wildman–Crippen LogP) is 4.51. The lowest BCUT2D eigenvalue weighted by Gasteiger charge is -2.00. The molecule has 0 unspecified atom stereocenters. The first-order valence-electron chi connectivity index (χ1n) is 5.32. The largest absolute Gasteiger partial charge is 0.454 e. The molecule has 0 spiro atoms. The summed E-state index contributed by atoms with van der Waals surface area (Å²) in [7, 11) is 0. The number of aryl methyl sites for hydroxylation is 1. The molecule has 0 aliphatic heterocycles. The van der Waals surface area contributed by atoms with Gasteiger partial charge in [-0.05, 0) is 48.4 Å². The van der Waals surface area contributed by atoms with Gasteiger partial charge in [0.2, 0.25) is 5.28 Å². The smallest absolute Gasteiger partial charge is 0.223 e. The Hall–Kier alpha value is -1.58. The first-order valence-corrected chi connectivity index (χ1v) is 6.08. The lowest BCUT2D eigenvalue weighted by Crippen LogP contribution is -1.89. The van der Waals surface area contributed by atoms with Crippen molar-refractivity contribution in [3.63, 3.8) is 0 Å². The van der Waals surface area contributed by atoms with Gasteiger partial charge in [0.1, 0.15) is 11.3 Å². The number of aromatic nitrogens is 2. The molecule has 0 aliphatic carbocycles. The van der Waals surface area contributed by atoms with E-state index >= 15 is 0 Å². The Bertz CT molecular complexity index is 737. The van der Waals surface area contributed by atoms with Gasteiger partial charge in [0.05, 0.1) is 0 Å². The zero-order valence-electron chi connectivity index (χ0n) is 9.45. The Kier molecular flexibility index (Phi) is 2.73. The van der Waals surface area contributed by atoms with Crippen LogP contribution in [0.1, 0.15) is 5.56 Å². The molecule has 0 aliphatic rings. The molecule has 2 aromatic heterocycles.